The van der Waals surface area contributed by atoms with E-state index in [0.717, 1.165) is 10.9 Å². The number of halogens is 2. The molecule has 0 fully saturated rings. The fourth-order valence-electron chi connectivity index (χ4n) is 4.22. The molecule has 0 N–H and O–H groups in total. The summed E-state index contributed by atoms with van der Waals surface area (Å²) in [7, 11) is 5.27. The molecular weight excluding hydrogens is 582 g/mol. The van der Waals surface area contributed by atoms with Crippen LogP contribution < -0.4 is 24.5 Å². The molecule has 0 saturated heterocycles. The number of furan rings is 1. The van der Waals surface area contributed by atoms with E-state index in [2.05, 4.69) is 15.9 Å². The number of carbonyl (C=O) groups excluding carboxylic acids is 1. The average Bonchev–Trinajstić information content (AvgIpc) is 3.37. The number of carbonyl (C=O) groups is 1. The number of hydrogen-bond acceptors (Lipinski definition) is 8. The zero-order valence-electron chi connectivity index (χ0n) is 21.1. The van der Waals surface area contributed by atoms with E-state index in [9.17, 15) is 9.59 Å². The Hall–Kier alpha value is -2.82. The minimum atomic E-state index is -0.826. The van der Waals surface area contributed by atoms with Crippen molar-refractivity contribution in [1.29, 1.82) is 0 Å². The number of ether oxygens (including phenoxy) is 2. The molecule has 0 radical (unpaired) electrons. The van der Waals surface area contributed by atoms with Crippen LogP contribution in [0.25, 0.3) is 6.08 Å². The summed E-state index contributed by atoms with van der Waals surface area (Å²) in [5.41, 5.74) is 1.15. The maximum Gasteiger partial charge on any atom is 0.338 e. The Morgan fingerprint density at radius 3 is 2.70 bits per heavy atom. The molecule has 2 aromatic heterocycles. The van der Waals surface area contributed by atoms with Crippen LogP contribution in [0.3, 0.4) is 0 Å². The molecule has 4 rings (SSSR count). The Balaban J connectivity index is 2.03. The van der Waals surface area contributed by atoms with Crippen molar-refractivity contribution in [3.63, 3.8) is 0 Å². The lowest BCUT2D eigenvalue weighted by Crippen LogP contribution is -2.40. The first-order chi connectivity index (χ1) is 17.7. The van der Waals surface area contributed by atoms with Crippen LogP contribution in [0, 0.1) is 0 Å². The molecule has 1 atom stereocenters. The van der Waals surface area contributed by atoms with E-state index >= 15 is 0 Å². The minimum Gasteiger partial charge on any atom is -0.496 e. The third-order valence-corrected chi connectivity index (χ3v) is 7.53. The molecular formula is C26H27BrClN3O5S. The molecule has 8 nitrogen and oxygen atoms in total. The van der Waals surface area contributed by atoms with Gasteiger partial charge >= 0.3 is 5.97 Å². The maximum absolute atomic E-state index is 13.9. The van der Waals surface area contributed by atoms with Crippen LogP contribution in [0.15, 0.2) is 54.2 Å². The molecule has 11 heteroatoms. The Kier molecular flexibility index (Phi) is 8.30. The maximum atomic E-state index is 13.9. The van der Waals surface area contributed by atoms with E-state index in [1.165, 1.54) is 23.0 Å². The lowest BCUT2D eigenvalue weighted by molar-refractivity contribution is -0.139. The molecule has 196 valence electrons. The predicted octanol–water partition coefficient (Wildman–Crippen LogP) is 4.66. The van der Waals surface area contributed by atoms with E-state index in [-0.39, 0.29) is 12.2 Å². The van der Waals surface area contributed by atoms with Gasteiger partial charge in [-0.2, -0.15) is 0 Å². The summed E-state index contributed by atoms with van der Waals surface area (Å²) in [6.45, 7) is 3.94. The van der Waals surface area contributed by atoms with Gasteiger partial charge in [-0.15, -0.1) is 0 Å². The van der Waals surface area contributed by atoms with Gasteiger partial charge in [0.05, 0.1) is 34.0 Å². The van der Waals surface area contributed by atoms with Gasteiger partial charge in [-0.1, -0.05) is 36.3 Å². The van der Waals surface area contributed by atoms with Crippen molar-refractivity contribution in [2.75, 3.05) is 32.7 Å². The van der Waals surface area contributed by atoms with Crippen molar-refractivity contribution in [2.24, 2.45) is 4.99 Å². The van der Waals surface area contributed by atoms with E-state index < -0.39 is 12.0 Å². The Morgan fingerprint density at radius 1 is 1.32 bits per heavy atom. The molecule has 0 spiro atoms. The van der Waals surface area contributed by atoms with Gasteiger partial charge in [0, 0.05) is 36.8 Å². The summed E-state index contributed by atoms with van der Waals surface area (Å²) < 4.78 is 19.7. The third-order valence-electron chi connectivity index (χ3n) is 5.75. The van der Waals surface area contributed by atoms with Crippen molar-refractivity contribution in [1.82, 2.24) is 4.57 Å². The van der Waals surface area contributed by atoms with Crippen LogP contribution in [0.2, 0.25) is 5.02 Å². The van der Waals surface area contributed by atoms with Crippen LogP contribution in [0.1, 0.15) is 44.1 Å². The zero-order chi connectivity index (χ0) is 26.9. The lowest BCUT2D eigenvalue weighted by Gasteiger charge is -2.27. The van der Waals surface area contributed by atoms with E-state index in [1.54, 1.807) is 37.3 Å². The second-order valence-corrected chi connectivity index (χ2v) is 10.8. The summed E-state index contributed by atoms with van der Waals surface area (Å²) in [6.07, 6.45) is 2.97. The number of esters is 1. The number of methoxy groups -OCH3 is 1. The Morgan fingerprint density at radius 2 is 2.08 bits per heavy atom. The number of allylic oxidation sites excluding steroid dienone is 1. The molecule has 1 aromatic carbocycles. The first kappa shape index (κ1) is 27.2. The molecule has 0 saturated carbocycles. The van der Waals surface area contributed by atoms with Crippen LogP contribution >= 0.6 is 38.9 Å². The van der Waals surface area contributed by atoms with Crippen molar-refractivity contribution < 1.29 is 18.7 Å². The highest BCUT2D eigenvalue weighted by Crippen LogP contribution is 2.38. The zero-order valence-corrected chi connectivity index (χ0v) is 24.3. The second kappa shape index (κ2) is 11.3. The van der Waals surface area contributed by atoms with Gasteiger partial charge in [0.25, 0.3) is 5.56 Å². The predicted molar refractivity (Wildman–Crippen MR) is 148 cm³/mol. The standard InChI is InChI=1S/C26H27BrClN3O5S/c1-6-8-18-21(25(33)35-7-2)22(16-11-14(28)9-10-19(16)34-5)31-23(32)20(37-26(31)29-18)13-15-12-17(27)24(36-15)30(3)4/h9-13,22H,6-8H2,1-5H3/b20-13+/t22-/m1/s1. The summed E-state index contributed by atoms with van der Waals surface area (Å²) in [5.74, 6) is 1.11. The van der Waals surface area contributed by atoms with E-state index in [0.29, 0.717) is 55.0 Å². The topological polar surface area (TPSA) is 86.3 Å². The highest BCUT2D eigenvalue weighted by Gasteiger charge is 2.36. The molecule has 3 heterocycles. The fourth-order valence-corrected chi connectivity index (χ4v) is 6.06. The second-order valence-electron chi connectivity index (χ2n) is 8.50. The third kappa shape index (κ3) is 5.28. The van der Waals surface area contributed by atoms with Crippen molar-refractivity contribution in [2.45, 2.75) is 32.7 Å². The summed E-state index contributed by atoms with van der Waals surface area (Å²) in [4.78, 5) is 34.3. The van der Waals surface area contributed by atoms with Crippen LogP contribution in [-0.4, -0.2) is 38.3 Å². The molecule has 0 aliphatic carbocycles. The highest BCUT2D eigenvalue weighted by atomic mass is 79.9. The molecule has 0 bridgehead atoms. The van der Waals surface area contributed by atoms with Crippen LogP contribution in [0.5, 0.6) is 5.75 Å². The Bertz CT molecular complexity index is 1550. The minimum absolute atomic E-state index is 0.188. The lowest BCUT2D eigenvalue weighted by atomic mass is 9.93. The normalized spacial score (nSPS) is 15.4. The van der Waals surface area contributed by atoms with Crippen LogP contribution in [-0.2, 0) is 9.53 Å². The highest BCUT2D eigenvalue weighted by molar-refractivity contribution is 9.10. The molecule has 3 aromatic rings. The van der Waals surface area contributed by atoms with E-state index in [1.807, 2.05) is 25.9 Å². The molecule has 1 aliphatic heterocycles. The number of benzene rings is 1. The number of anilines is 1. The fraction of sp³-hybridized carbons (Fsp3) is 0.346. The number of fused-ring (bicyclic) bond motifs is 1. The van der Waals surface area contributed by atoms with Crippen molar-refractivity contribution >= 4 is 56.8 Å². The molecule has 0 unspecified atom stereocenters. The van der Waals surface area contributed by atoms with Crippen LogP contribution in [0.4, 0.5) is 5.88 Å². The number of hydrogen-bond donors (Lipinski definition) is 0. The largest absolute Gasteiger partial charge is 0.496 e. The average molecular weight is 609 g/mol. The van der Waals surface area contributed by atoms with Gasteiger partial charge in [0.2, 0.25) is 5.88 Å². The van der Waals surface area contributed by atoms with Gasteiger partial charge in [-0.3, -0.25) is 9.36 Å². The molecule has 1 aliphatic rings. The first-order valence-electron chi connectivity index (χ1n) is 11.7. The SMILES string of the molecule is CCCC1=C(C(=O)OCC)[C@@H](c2cc(Cl)ccc2OC)n2c(s/c(=C/c3cc(Br)c(N(C)C)o3)c2=O)=N1. The summed E-state index contributed by atoms with van der Waals surface area (Å²) >= 11 is 11.1. The molecule has 0 amide bonds. The van der Waals surface area contributed by atoms with Gasteiger partial charge in [0.1, 0.15) is 17.6 Å². The smallest absolute Gasteiger partial charge is 0.338 e. The van der Waals surface area contributed by atoms with Gasteiger partial charge in [0.15, 0.2) is 4.80 Å². The van der Waals surface area contributed by atoms with E-state index in [4.69, 9.17) is 30.5 Å². The number of rotatable bonds is 8. The first-order valence-corrected chi connectivity index (χ1v) is 13.7. The number of aromatic nitrogens is 1. The van der Waals surface area contributed by atoms with Gasteiger partial charge in [-0.25, -0.2) is 9.79 Å². The summed E-state index contributed by atoms with van der Waals surface area (Å²) in [5, 5.41) is 0.451. The summed E-state index contributed by atoms with van der Waals surface area (Å²) in [6, 6.07) is 6.11. The van der Waals surface area contributed by atoms with Gasteiger partial charge in [-0.05, 0) is 47.5 Å². The molecule has 37 heavy (non-hydrogen) atoms. The quantitative estimate of drug-likeness (QED) is 0.346. The monoisotopic (exact) mass is 607 g/mol. The van der Waals surface area contributed by atoms with Crippen molar-refractivity contribution in [3.05, 3.63) is 76.0 Å². The van der Waals surface area contributed by atoms with Crippen molar-refractivity contribution in [3.8, 4) is 5.75 Å². The number of thiazole rings is 1. The number of nitrogens with zero attached hydrogens (tertiary/aromatic N) is 3. The van der Waals surface area contributed by atoms with Gasteiger partial charge < -0.3 is 18.8 Å². The Labute approximate surface area is 231 Å².